The number of carbonyl (C=O) groups excluding carboxylic acids is 1. The molecule has 0 spiro atoms. The normalized spacial score (nSPS) is 20.4. The summed E-state index contributed by atoms with van der Waals surface area (Å²) in [7, 11) is 2.87. The molecular weight excluding hydrogens is 256 g/mol. The van der Waals surface area contributed by atoms with E-state index >= 15 is 0 Å². The monoisotopic (exact) mass is 270 g/mol. The number of halogens is 1. The highest BCUT2D eigenvalue weighted by atomic mass is 35.7. The maximum absolute atomic E-state index is 11.7. The molecule has 0 N–H and O–H groups in total. The van der Waals surface area contributed by atoms with Gasteiger partial charge < -0.3 is 9.47 Å². The second-order valence-electron chi connectivity index (χ2n) is 3.88. The highest BCUT2D eigenvalue weighted by Gasteiger charge is 2.41. The Morgan fingerprint density at radius 1 is 1.44 bits per heavy atom. The summed E-state index contributed by atoms with van der Waals surface area (Å²) in [5.74, 6) is -0.597. The van der Waals surface area contributed by atoms with Crippen molar-refractivity contribution in [2.24, 2.45) is 5.41 Å². The first-order chi connectivity index (χ1) is 7.40. The lowest BCUT2D eigenvalue weighted by atomic mass is 9.78. The number of rotatable bonds is 4. The van der Waals surface area contributed by atoms with Crippen molar-refractivity contribution in [2.75, 3.05) is 26.1 Å². The fourth-order valence-corrected chi connectivity index (χ4v) is 2.72. The molecule has 0 aromatic rings. The summed E-state index contributed by atoms with van der Waals surface area (Å²) in [5.41, 5.74) is -0.755. The van der Waals surface area contributed by atoms with Gasteiger partial charge in [0.1, 0.15) is 0 Å². The van der Waals surface area contributed by atoms with E-state index in [-0.39, 0.29) is 18.1 Å². The van der Waals surface area contributed by atoms with Gasteiger partial charge in [-0.25, -0.2) is 8.42 Å². The fourth-order valence-electron chi connectivity index (χ4n) is 1.85. The summed E-state index contributed by atoms with van der Waals surface area (Å²) in [6, 6.07) is 0. The van der Waals surface area contributed by atoms with E-state index in [0.29, 0.717) is 26.1 Å². The maximum Gasteiger partial charge on any atom is 0.312 e. The van der Waals surface area contributed by atoms with Crippen LogP contribution in [0.4, 0.5) is 0 Å². The first kappa shape index (κ1) is 13.7. The number of hydrogen-bond donors (Lipinski definition) is 0. The minimum atomic E-state index is -3.58. The van der Waals surface area contributed by atoms with Gasteiger partial charge in [-0.05, 0) is 19.3 Å². The first-order valence-electron chi connectivity index (χ1n) is 4.98. The van der Waals surface area contributed by atoms with Crippen LogP contribution in [0.3, 0.4) is 0 Å². The molecule has 1 heterocycles. The molecule has 1 saturated heterocycles. The van der Waals surface area contributed by atoms with Crippen molar-refractivity contribution >= 4 is 25.7 Å². The molecule has 5 nitrogen and oxygen atoms in total. The van der Waals surface area contributed by atoms with Crippen molar-refractivity contribution in [3.63, 3.8) is 0 Å². The van der Waals surface area contributed by atoms with Gasteiger partial charge in [-0.3, -0.25) is 4.79 Å². The van der Waals surface area contributed by atoms with Crippen LogP contribution in [0.5, 0.6) is 0 Å². The lowest BCUT2D eigenvalue weighted by Crippen LogP contribution is -2.39. The lowest BCUT2D eigenvalue weighted by Gasteiger charge is -2.33. The molecule has 0 atom stereocenters. The van der Waals surface area contributed by atoms with E-state index in [4.69, 9.17) is 20.2 Å². The third-order valence-electron chi connectivity index (χ3n) is 2.89. The Balaban J connectivity index is 2.74. The topological polar surface area (TPSA) is 69.7 Å². The minimum Gasteiger partial charge on any atom is -0.469 e. The van der Waals surface area contributed by atoms with E-state index in [0.717, 1.165) is 0 Å². The van der Waals surface area contributed by atoms with Crippen LogP contribution < -0.4 is 0 Å². The number of methoxy groups -OCH3 is 1. The summed E-state index contributed by atoms with van der Waals surface area (Å²) in [6.07, 6.45) is 1.15. The Labute approximate surface area is 99.5 Å². The van der Waals surface area contributed by atoms with Gasteiger partial charge in [0.25, 0.3) is 0 Å². The highest BCUT2D eigenvalue weighted by Crippen LogP contribution is 2.36. The van der Waals surface area contributed by atoms with Crippen LogP contribution in [-0.2, 0) is 23.3 Å². The molecule has 1 fully saturated rings. The van der Waals surface area contributed by atoms with Crippen LogP contribution in [0.2, 0.25) is 0 Å². The Bertz CT molecular complexity index is 345. The van der Waals surface area contributed by atoms with Gasteiger partial charge in [-0.15, -0.1) is 0 Å². The highest BCUT2D eigenvalue weighted by molar-refractivity contribution is 8.13. The standard InChI is InChI=1S/C9H15ClO5S/c1-14-8(11)9(2-5-15-6-3-9)4-7-16(10,12)13/h2-7H2,1H3. The van der Waals surface area contributed by atoms with Crippen LogP contribution in [0.1, 0.15) is 19.3 Å². The molecule has 1 aliphatic rings. The zero-order chi connectivity index (χ0) is 12.2. The summed E-state index contributed by atoms with van der Waals surface area (Å²) >= 11 is 0. The van der Waals surface area contributed by atoms with Crippen LogP contribution in [0, 0.1) is 5.41 Å². The zero-order valence-corrected chi connectivity index (χ0v) is 10.6. The molecule has 0 aromatic carbocycles. The molecule has 0 bridgehead atoms. The lowest BCUT2D eigenvalue weighted by molar-refractivity contribution is -0.158. The van der Waals surface area contributed by atoms with Crippen molar-refractivity contribution in [1.82, 2.24) is 0 Å². The van der Waals surface area contributed by atoms with E-state index in [1.807, 2.05) is 0 Å². The van der Waals surface area contributed by atoms with Crippen molar-refractivity contribution in [3.8, 4) is 0 Å². The first-order valence-corrected chi connectivity index (χ1v) is 7.46. The summed E-state index contributed by atoms with van der Waals surface area (Å²) in [4.78, 5) is 11.7. The second-order valence-corrected chi connectivity index (χ2v) is 6.77. The second kappa shape index (κ2) is 5.33. The smallest absolute Gasteiger partial charge is 0.312 e. The predicted molar refractivity (Wildman–Crippen MR) is 58.8 cm³/mol. The van der Waals surface area contributed by atoms with Gasteiger partial charge in [0, 0.05) is 23.9 Å². The van der Waals surface area contributed by atoms with Crippen LogP contribution in [-0.4, -0.2) is 40.5 Å². The molecule has 0 aromatic heterocycles. The third-order valence-corrected chi connectivity index (χ3v) is 4.05. The van der Waals surface area contributed by atoms with E-state index in [2.05, 4.69) is 0 Å². The Hall–Kier alpha value is -0.330. The molecular formula is C9H15ClO5S. The Morgan fingerprint density at radius 2 is 2.00 bits per heavy atom. The Morgan fingerprint density at radius 3 is 2.44 bits per heavy atom. The average molecular weight is 271 g/mol. The van der Waals surface area contributed by atoms with Crippen LogP contribution >= 0.6 is 10.7 Å². The Kier molecular flexibility index (Phi) is 4.58. The molecule has 1 aliphatic heterocycles. The zero-order valence-electron chi connectivity index (χ0n) is 9.07. The van der Waals surface area contributed by atoms with E-state index in [1.165, 1.54) is 7.11 Å². The van der Waals surface area contributed by atoms with Gasteiger partial charge in [0.15, 0.2) is 0 Å². The third kappa shape index (κ3) is 3.61. The van der Waals surface area contributed by atoms with Crippen molar-refractivity contribution in [2.45, 2.75) is 19.3 Å². The molecule has 0 amide bonds. The van der Waals surface area contributed by atoms with Gasteiger partial charge in [0.05, 0.1) is 18.3 Å². The maximum atomic E-state index is 11.7. The van der Waals surface area contributed by atoms with Gasteiger partial charge >= 0.3 is 5.97 Å². The number of ether oxygens (including phenoxy) is 2. The number of esters is 1. The minimum absolute atomic E-state index is 0.189. The van der Waals surface area contributed by atoms with Crippen molar-refractivity contribution in [1.29, 1.82) is 0 Å². The molecule has 0 radical (unpaired) electrons. The van der Waals surface area contributed by atoms with Gasteiger partial charge in [-0.2, -0.15) is 0 Å². The molecule has 0 saturated carbocycles. The molecule has 16 heavy (non-hydrogen) atoms. The fraction of sp³-hybridized carbons (Fsp3) is 0.889. The predicted octanol–water partition coefficient (Wildman–Crippen LogP) is 0.915. The summed E-state index contributed by atoms with van der Waals surface area (Å²) < 4.78 is 31.7. The van der Waals surface area contributed by atoms with E-state index < -0.39 is 14.5 Å². The van der Waals surface area contributed by atoms with Gasteiger partial charge in [0.2, 0.25) is 9.05 Å². The van der Waals surface area contributed by atoms with Crippen molar-refractivity contribution in [3.05, 3.63) is 0 Å². The molecule has 7 heteroatoms. The van der Waals surface area contributed by atoms with E-state index in [9.17, 15) is 13.2 Å². The molecule has 0 aliphatic carbocycles. The van der Waals surface area contributed by atoms with Crippen molar-refractivity contribution < 1.29 is 22.7 Å². The quantitative estimate of drug-likeness (QED) is 0.561. The van der Waals surface area contributed by atoms with E-state index in [1.54, 1.807) is 0 Å². The molecule has 1 rings (SSSR count). The summed E-state index contributed by atoms with van der Waals surface area (Å²) in [6.45, 7) is 0.884. The molecule has 94 valence electrons. The number of hydrogen-bond acceptors (Lipinski definition) is 5. The summed E-state index contributed by atoms with van der Waals surface area (Å²) in [5, 5.41) is 0. The number of carbonyl (C=O) groups is 1. The SMILES string of the molecule is COC(=O)C1(CCS(=O)(=O)Cl)CCOCC1. The molecule has 0 unspecified atom stereocenters. The van der Waals surface area contributed by atoms with Crippen LogP contribution in [0.25, 0.3) is 0 Å². The largest absolute Gasteiger partial charge is 0.469 e. The van der Waals surface area contributed by atoms with Gasteiger partial charge in [-0.1, -0.05) is 0 Å². The average Bonchev–Trinajstić information content (AvgIpc) is 2.25. The van der Waals surface area contributed by atoms with Crippen LogP contribution in [0.15, 0.2) is 0 Å².